The molecule has 0 spiro atoms. The summed E-state index contributed by atoms with van der Waals surface area (Å²) in [5, 5.41) is 3.08. The third kappa shape index (κ3) is 5.68. The molecule has 3 N–H and O–H groups in total. The molecule has 0 aromatic heterocycles. The molecule has 0 aliphatic carbocycles. The number of hydrogen-bond donors (Lipinski definition) is 2. The van der Waals surface area contributed by atoms with Crippen LogP contribution in [-0.4, -0.2) is 25.2 Å². The highest BCUT2D eigenvalue weighted by atomic mass is 127. The number of nitrogens with zero attached hydrogens (tertiary/aromatic N) is 1. The van der Waals surface area contributed by atoms with Crippen LogP contribution in [0.2, 0.25) is 0 Å². The van der Waals surface area contributed by atoms with Gasteiger partial charge in [-0.25, -0.2) is 0 Å². The van der Waals surface area contributed by atoms with Crippen molar-refractivity contribution in [1.29, 1.82) is 0 Å². The molecular weight excluding hydrogens is 417 g/mol. The molecule has 1 heterocycles. The molecule has 1 atom stereocenters. The number of ether oxygens (including phenoxy) is 2. The van der Waals surface area contributed by atoms with E-state index in [1.807, 2.05) is 54.6 Å². The topological polar surface area (TPSA) is 68.9 Å². The van der Waals surface area contributed by atoms with Crippen molar-refractivity contribution < 1.29 is 9.47 Å². The highest BCUT2D eigenvalue weighted by molar-refractivity contribution is 14.0. The first kappa shape index (κ1) is 18.5. The standard InChI is InChI=1S/C18H21N3O2.HI/c19-18(20-13-17-10-5-11-22-17)21-14-6-4-9-16(12-14)23-15-7-2-1-3-8-15;/h1-4,6-9,12,17H,5,10-11,13H2,(H3,19,20,21);1H. The Morgan fingerprint density at radius 2 is 1.96 bits per heavy atom. The number of halogens is 1. The van der Waals surface area contributed by atoms with Crippen LogP contribution in [0.3, 0.4) is 0 Å². The molecule has 0 saturated carbocycles. The zero-order valence-electron chi connectivity index (χ0n) is 13.4. The van der Waals surface area contributed by atoms with Gasteiger partial charge >= 0.3 is 0 Å². The van der Waals surface area contributed by atoms with Gasteiger partial charge in [-0.1, -0.05) is 24.3 Å². The van der Waals surface area contributed by atoms with Crippen molar-refractivity contribution in [2.24, 2.45) is 10.7 Å². The van der Waals surface area contributed by atoms with Crippen molar-refractivity contribution in [3.05, 3.63) is 54.6 Å². The van der Waals surface area contributed by atoms with Gasteiger partial charge in [0.1, 0.15) is 11.5 Å². The van der Waals surface area contributed by atoms with Crippen LogP contribution >= 0.6 is 24.0 Å². The monoisotopic (exact) mass is 439 g/mol. The number of nitrogens with one attached hydrogen (secondary N) is 1. The van der Waals surface area contributed by atoms with Crippen LogP contribution in [0.4, 0.5) is 5.69 Å². The summed E-state index contributed by atoms with van der Waals surface area (Å²) in [5.74, 6) is 1.93. The van der Waals surface area contributed by atoms with Gasteiger partial charge in [0, 0.05) is 18.4 Å². The van der Waals surface area contributed by atoms with Crippen molar-refractivity contribution in [3.8, 4) is 11.5 Å². The van der Waals surface area contributed by atoms with Crippen LogP contribution < -0.4 is 15.8 Å². The van der Waals surface area contributed by atoms with Gasteiger partial charge in [-0.05, 0) is 37.1 Å². The number of benzene rings is 2. The molecule has 0 radical (unpaired) electrons. The Labute approximate surface area is 159 Å². The summed E-state index contributed by atoms with van der Waals surface area (Å²) in [6, 6.07) is 17.3. The van der Waals surface area contributed by atoms with E-state index in [1.165, 1.54) is 0 Å². The molecule has 0 bridgehead atoms. The Kier molecular flexibility index (Phi) is 7.33. The summed E-state index contributed by atoms with van der Waals surface area (Å²) in [6.07, 6.45) is 2.35. The largest absolute Gasteiger partial charge is 0.457 e. The second-order valence-electron chi connectivity index (χ2n) is 5.43. The van der Waals surface area contributed by atoms with Crippen LogP contribution in [0.15, 0.2) is 59.6 Å². The van der Waals surface area contributed by atoms with Crippen molar-refractivity contribution in [2.45, 2.75) is 18.9 Å². The van der Waals surface area contributed by atoms with E-state index in [4.69, 9.17) is 15.2 Å². The first-order valence-electron chi connectivity index (χ1n) is 7.81. The minimum absolute atomic E-state index is 0. The maximum Gasteiger partial charge on any atom is 0.193 e. The normalized spacial score (nSPS) is 17.2. The molecule has 1 aliphatic heterocycles. The van der Waals surface area contributed by atoms with Crippen LogP contribution in [0.25, 0.3) is 0 Å². The van der Waals surface area contributed by atoms with Crippen LogP contribution in [0, 0.1) is 0 Å². The Balaban J connectivity index is 0.00000208. The van der Waals surface area contributed by atoms with E-state index < -0.39 is 0 Å². The average Bonchev–Trinajstić information content (AvgIpc) is 3.08. The molecule has 2 aromatic rings. The lowest BCUT2D eigenvalue weighted by molar-refractivity contribution is 0.118. The van der Waals surface area contributed by atoms with Gasteiger partial charge in [0.15, 0.2) is 5.96 Å². The summed E-state index contributed by atoms with van der Waals surface area (Å²) < 4.78 is 11.3. The fourth-order valence-electron chi connectivity index (χ4n) is 2.44. The Hall–Kier alpha value is -1.80. The molecule has 1 aliphatic rings. The molecule has 128 valence electrons. The Morgan fingerprint density at radius 3 is 2.71 bits per heavy atom. The molecule has 1 unspecified atom stereocenters. The van der Waals surface area contributed by atoms with E-state index in [0.717, 1.165) is 36.6 Å². The first-order valence-corrected chi connectivity index (χ1v) is 7.81. The summed E-state index contributed by atoms with van der Waals surface area (Å²) in [4.78, 5) is 4.33. The fourth-order valence-corrected chi connectivity index (χ4v) is 2.44. The molecular formula is C18H22IN3O2. The third-order valence-corrected chi connectivity index (χ3v) is 3.57. The molecule has 6 heteroatoms. The molecule has 1 fully saturated rings. The Bertz CT molecular complexity index is 658. The smallest absolute Gasteiger partial charge is 0.193 e. The van der Waals surface area contributed by atoms with E-state index >= 15 is 0 Å². The van der Waals surface area contributed by atoms with Crippen molar-refractivity contribution in [1.82, 2.24) is 0 Å². The predicted molar refractivity (Wildman–Crippen MR) is 107 cm³/mol. The second kappa shape index (κ2) is 9.48. The number of aliphatic imine (C=N–C) groups is 1. The van der Waals surface area contributed by atoms with Gasteiger partial charge in [-0.2, -0.15) is 0 Å². The van der Waals surface area contributed by atoms with Gasteiger partial charge in [0.25, 0.3) is 0 Å². The minimum Gasteiger partial charge on any atom is -0.457 e. The zero-order valence-corrected chi connectivity index (χ0v) is 15.7. The summed E-state index contributed by atoms with van der Waals surface area (Å²) >= 11 is 0. The minimum atomic E-state index is 0. The van der Waals surface area contributed by atoms with E-state index in [9.17, 15) is 0 Å². The van der Waals surface area contributed by atoms with Crippen LogP contribution in [0.1, 0.15) is 12.8 Å². The predicted octanol–water partition coefficient (Wildman–Crippen LogP) is 4.00. The van der Waals surface area contributed by atoms with Crippen LogP contribution in [-0.2, 0) is 4.74 Å². The fraction of sp³-hybridized carbons (Fsp3) is 0.278. The number of anilines is 1. The molecule has 24 heavy (non-hydrogen) atoms. The average molecular weight is 439 g/mol. The zero-order chi connectivity index (χ0) is 15.9. The van der Waals surface area contributed by atoms with Crippen LogP contribution in [0.5, 0.6) is 11.5 Å². The number of nitrogens with two attached hydrogens (primary N) is 1. The summed E-state index contributed by atoms with van der Waals surface area (Å²) in [6.45, 7) is 1.42. The Morgan fingerprint density at radius 1 is 1.17 bits per heavy atom. The van der Waals surface area contributed by atoms with Gasteiger partial charge in [-0.3, -0.25) is 4.99 Å². The number of guanidine groups is 1. The maximum atomic E-state index is 5.93. The third-order valence-electron chi connectivity index (χ3n) is 3.57. The first-order chi connectivity index (χ1) is 11.3. The van der Waals surface area contributed by atoms with Crippen molar-refractivity contribution >= 4 is 35.6 Å². The highest BCUT2D eigenvalue weighted by Gasteiger charge is 2.14. The number of para-hydroxylation sites is 1. The summed E-state index contributed by atoms with van der Waals surface area (Å²) in [7, 11) is 0. The molecule has 5 nitrogen and oxygen atoms in total. The lowest BCUT2D eigenvalue weighted by atomic mass is 10.2. The number of rotatable bonds is 5. The van der Waals surface area contributed by atoms with Crippen molar-refractivity contribution in [3.63, 3.8) is 0 Å². The van der Waals surface area contributed by atoms with Crippen molar-refractivity contribution in [2.75, 3.05) is 18.5 Å². The molecule has 2 aromatic carbocycles. The maximum absolute atomic E-state index is 5.93. The van der Waals surface area contributed by atoms with E-state index in [1.54, 1.807) is 0 Å². The highest BCUT2D eigenvalue weighted by Crippen LogP contribution is 2.23. The number of hydrogen-bond acceptors (Lipinski definition) is 3. The van der Waals surface area contributed by atoms with E-state index in [-0.39, 0.29) is 30.1 Å². The molecule has 3 rings (SSSR count). The molecule has 0 amide bonds. The lowest BCUT2D eigenvalue weighted by Crippen LogP contribution is -2.24. The van der Waals surface area contributed by atoms with Gasteiger partial charge in [0.05, 0.1) is 12.6 Å². The van der Waals surface area contributed by atoms with E-state index in [2.05, 4.69) is 10.3 Å². The SMILES string of the molecule is I.NC(=NCC1CCCO1)Nc1cccc(Oc2ccccc2)c1. The van der Waals surface area contributed by atoms with E-state index in [0.29, 0.717) is 12.5 Å². The molecule has 1 saturated heterocycles. The van der Waals surface area contributed by atoms with Gasteiger partial charge in [0.2, 0.25) is 0 Å². The lowest BCUT2D eigenvalue weighted by Gasteiger charge is -2.10. The van der Waals surface area contributed by atoms with Gasteiger partial charge < -0.3 is 20.5 Å². The quantitative estimate of drug-likeness (QED) is 0.420. The van der Waals surface area contributed by atoms with Gasteiger partial charge in [-0.15, -0.1) is 24.0 Å². The second-order valence-corrected chi connectivity index (χ2v) is 5.43. The summed E-state index contributed by atoms with van der Waals surface area (Å²) in [5.41, 5.74) is 6.77.